The molecule has 3 heterocycles. The maximum absolute atomic E-state index is 5.94. The Morgan fingerprint density at radius 3 is 3.00 bits per heavy atom. The zero-order valence-corrected chi connectivity index (χ0v) is 12.2. The number of nitrogens with one attached hydrogen (secondary N) is 1. The second-order valence-corrected chi connectivity index (χ2v) is 5.31. The summed E-state index contributed by atoms with van der Waals surface area (Å²) >= 11 is 9.28. The van der Waals surface area contributed by atoms with Crippen LogP contribution in [0.4, 0.5) is 5.69 Å². The average molecular weight is 338 g/mol. The minimum absolute atomic E-state index is 0.649. The molecule has 0 fully saturated rings. The number of aromatic nitrogens is 3. The van der Waals surface area contributed by atoms with Crippen LogP contribution in [0.25, 0.3) is 5.65 Å². The van der Waals surface area contributed by atoms with Crippen LogP contribution in [-0.2, 0) is 6.54 Å². The maximum Gasteiger partial charge on any atom is 0.137 e. The van der Waals surface area contributed by atoms with Crippen LogP contribution in [0.5, 0.6) is 0 Å². The molecule has 0 saturated heterocycles. The van der Waals surface area contributed by atoms with E-state index in [1.54, 1.807) is 6.20 Å². The van der Waals surface area contributed by atoms with Gasteiger partial charge in [-0.3, -0.25) is 0 Å². The van der Waals surface area contributed by atoms with Crippen molar-refractivity contribution in [3.05, 3.63) is 58.2 Å². The first-order valence-corrected chi connectivity index (χ1v) is 6.86. The zero-order chi connectivity index (χ0) is 13.2. The van der Waals surface area contributed by atoms with E-state index in [4.69, 9.17) is 11.6 Å². The highest BCUT2D eigenvalue weighted by molar-refractivity contribution is 9.10. The molecule has 0 aromatic carbocycles. The van der Waals surface area contributed by atoms with Gasteiger partial charge in [-0.2, -0.15) is 0 Å². The van der Waals surface area contributed by atoms with Gasteiger partial charge in [0.1, 0.15) is 10.3 Å². The summed E-state index contributed by atoms with van der Waals surface area (Å²) in [6.45, 7) is 0.649. The quantitative estimate of drug-likeness (QED) is 0.740. The molecule has 3 rings (SSSR count). The van der Waals surface area contributed by atoms with Crippen LogP contribution in [0.2, 0.25) is 5.02 Å². The SMILES string of the molecule is Clc1ccc2nc(CNc3ccnc(Br)c3)cn2c1. The number of hydrogen-bond donors (Lipinski definition) is 1. The predicted molar refractivity (Wildman–Crippen MR) is 79.5 cm³/mol. The molecule has 96 valence electrons. The lowest BCUT2D eigenvalue weighted by atomic mass is 10.4. The molecule has 0 aliphatic rings. The van der Waals surface area contributed by atoms with Crippen molar-refractivity contribution in [1.82, 2.24) is 14.4 Å². The lowest BCUT2D eigenvalue weighted by molar-refractivity contribution is 1.07. The van der Waals surface area contributed by atoms with Crippen molar-refractivity contribution in [2.75, 3.05) is 5.32 Å². The number of anilines is 1. The third kappa shape index (κ3) is 2.88. The lowest BCUT2D eigenvalue weighted by Gasteiger charge is -2.03. The molecule has 1 N–H and O–H groups in total. The van der Waals surface area contributed by atoms with E-state index in [0.29, 0.717) is 11.6 Å². The van der Waals surface area contributed by atoms with Gasteiger partial charge in [0.2, 0.25) is 0 Å². The van der Waals surface area contributed by atoms with Crippen molar-refractivity contribution in [2.45, 2.75) is 6.54 Å². The fraction of sp³-hybridized carbons (Fsp3) is 0.0769. The Kier molecular flexibility index (Phi) is 3.40. The zero-order valence-electron chi connectivity index (χ0n) is 9.85. The molecule has 3 aromatic rings. The minimum Gasteiger partial charge on any atom is -0.379 e. The van der Waals surface area contributed by atoms with Crippen molar-refractivity contribution in [2.24, 2.45) is 0 Å². The molecule has 19 heavy (non-hydrogen) atoms. The van der Waals surface area contributed by atoms with Gasteiger partial charge in [-0.15, -0.1) is 0 Å². The molecule has 0 amide bonds. The molecule has 0 unspecified atom stereocenters. The normalized spacial score (nSPS) is 10.8. The van der Waals surface area contributed by atoms with Gasteiger partial charge in [-0.05, 0) is 40.2 Å². The van der Waals surface area contributed by atoms with Crippen molar-refractivity contribution >= 4 is 38.9 Å². The number of pyridine rings is 2. The minimum atomic E-state index is 0.649. The van der Waals surface area contributed by atoms with Gasteiger partial charge in [0.05, 0.1) is 17.3 Å². The van der Waals surface area contributed by atoms with Gasteiger partial charge in [0.15, 0.2) is 0 Å². The molecule has 0 aliphatic heterocycles. The second kappa shape index (κ2) is 5.19. The predicted octanol–water partition coefficient (Wildman–Crippen LogP) is 3.76. The number of hydrogen-bond acceptors (Lipinski definition) is 3. The molecule has 3 aromatic heterocycles. The van der Waals surface area contributed by atoms with Crippen LogP contribution in [0, 0.1) is 0 Å². The van der Waals surface area contributed by atoms with E-state index in [0.717, 1.165) is 21.6 Å². The first kappa shape index (κ1) is 12.4. The maximum atomic E-state index is 5.94. The largest absolute Gasteiger partial charge is 0.379 e. The summed E-state index contributed by atoms with van der Waals surface area (Å²) in [7, 11) is 0. The van der Waals surface area contributed by atoms with Crippen LogP contribution >= 0.6 is 27.5 Å². The molecule has 0 radical (unpaired) electrons. The molecule has 0 bridgehead atoms. The molecule has 4 nitrogen and oxygen atoms in total. The molecule has 0 aliphatic carbocycles. The number of nitrogens with zero attached hydrogens (tertiary/aromatic N) is 3. The number of rotatable bonds is 3. The Morgan fingerprint density at radius 1 is 1.26 bits per heavy atom. The molecule has 6 heteroatoms. The third-order valence-corrected chi connectivity index (χ3v) is 3.32. The van der Waals surface area contributed by atoms with Gasteiger partial charge in [0, 0.05) is 24.3 Å². The number of fused-ring (bicyclic) bond motifs is 1. The van der Waals surface area contributed by atoms with E-state index in [2.05, 4.69) is 31.2 Å². The van der Waals surface area contributed by atoms with Crippen molar-refractivity contribution < 1.29 is 0 Å². The summed E-state index contributed by atoms with van der Waals surface area (Å²) in [6.07, 6.45) is 5.55. The molecule has 0 spiro atoms. The Hall–Kier alpha value is -1.59. The van der Waals surface area contributed by atoms with E-state index in [-0.39, 0.29) is 0 Å². The summed E-state index contributed by atoms with van der Waals surface area (Å²) in [4.78, 5) is 8.59. The Balaban J connectivity index is 1.78. The first-order valence-electron chi connectivity index (χ1n) is 5.69. The average Bonchev–Trinajstić information content (AvgIpc) is 2.78. The van der Waals surface area contributed by atoms with Crippen molar-refractivity contribution in [3.63, 3.8) is 0 Å². The van der Waals surface area contributed by atoms with Crippen LogP contribution in [0.3, 0.4) is 0 Å². The van der Waals surface area contributed by atoms with Gasteiger partial charge in [-0.25, -0.2) is 9.97 Å². The van der Waals surface area contributed by atoms with Gasteiger partial charge < -0.3 is 9.72 Å². The van der Waals surface area contributed by atoms with Crippen LogP contribution in [0.1, 0.15) is 5.69 Å². The highest BCUT2D eigenvalue weighted by Crippen LogP contribution is 2.15. The van der Waals surface area contributed by atoms with E-state index < -0.39 is 0 Å². The van der Waals surface area contributed by atoms with E-state index in [1.165, 1.54) is 0 Å². The fourth-order valence-corrected chi connectivity index (χ4v) is 2.34. The summed E-state index contributed by atoms with van der Waals surface area (Å²) in [5.74, 6) is 0. The van der Waals surface area contributed by atoms with Gasteiger partial charge >= 0.3 is 0 Å². The number of halogens is 2. The highest BCUT2D eigenvalue weighted by Gasteiger charge is 2.02. The van der Waals surface area contributed by atoms with Crippen LogP contribution in [-0.4, -0.2) is 14.4 Å². The first-order chi connectivity index (χ1) is 9.20. The van der Waals surface area contributed by atoms with E-state index >= 15 is 0 Å². The van der Waals surface area contributed by atoms with Crippen LogP contribution < -0.4 is 5.32 Å². The van der Waals surface area contributed by atoms with Crippen molar-refractivity contribution in [1.29, 1.82) is 0 Å². The monoisotopic (exact) mass is 336 g/mol. The summed E-state index contributed by atoms with van der Waals surface area (Å²) in [5, 5.41) is 4.00. The summed E-state index contributed by atoms with van der Waals surface area (Å²) in [6, 6.07) is 7.57. The highest BCUT2D eigenvalue weighted by atomic mass is 79.9. The van der Waals surface area contributed by atoms with Gasteiger partial charge in [0.25, 0.3) is 0 Å². The Bertz CT molecular complexity index is 725. The van der Waals surface area contributed by atoms with Crippen LogP contribution in [0.15, 0.2) is 47.5 Å². The molecule has 0 saturated carbocycles. The standard InChI is InChI=1S/C13H10BrClN4/c14-12-5-10(3-4-16-12)17-6-11-8-19-7-9(15)1-2-13(19)18-11/h1-5,7-8H,6H2,(H,16,17). The van der Waals surface area contributed by atoms with E-state index in [9.17, 15) is 0 Å². The second-order valence-electron chi connectivity index (χ2n) is 4.07. The fourth-order valence-electron chi connectivity index (χ4n) is 1.81. The lowest BCUT2D eigenvalue weighted by Crippen LogP contribution is -1.99. The summed E-state index contributed by atoms with van der Waals surface area (Å²) in [5.41, 5.74) is 2.84. The third-order valence-electron chi connectivity index (χ3n) is 2.67. The summed E-state index contributed by atoms with van der Waals surface area (Å²) < 4.78 is 2.72. The smallest absolute Gasteiger partial charge is 0.137 e. The van der Waals surface area contributed by atoms with Crippen molar-refractivity contribution in [3.8, 4) is 0 Å². The Morgan fingerprint density at radius 2 is 2.16 bits per heavy atom. The topological polar surface area (TPSA) is 42.2 Å². The molecule has 0 atom stereocenters. The number of imidazole rings is 1. The molecular formula is C13H10BrClN4. The molecular weight excluding hydrogens is 328 g/mol. The Labute approximate surface area is 123 Å². The van der Waals surface area contributed by atoms with Gasteiger partial charge in [-0.1, -0.05) is 11.6 Å². The van der Waals surface area contributed by atoms with E-state index in [1.807, 2.05) is 41.1 Å².